The SMILES string of the molecule is O=C(NC1CCS(=O)CC1)c1ccnc(F)c1. The summed E-state index contributed by atoms with van der Waals surface area (Å²) in [4.78, 5) is 15.2. The van der Waals surface area contributed by atoms with Crippen molar-refractivity contribution in [2.75, 3.05) is 11.5 Å². The Morgan fingerprint density at radius 2 is 2.18 bits per heavy atom. The molecule has 17 heavy (non-hydrogen) atoms. The fourth-order valence-electron chi connectivity index (χ4n) is 1.75. The van der Waals surface area contributed by atoms with Crippen molar-refractivity contribution in [1.29, 1.82) is 0 Å². The summed E-state index contributed by atoms with van der Waals surface area (Å²) in [7, 11) is -0.745. The van der Waals surface area contributed by atoms with E-state index in [0.717, 1.165) is 6.07 Å². The van der Waals surface area contributed by atoms with Crippen molar-refractivity contribution in [2.45, 2.75) is 18.9 Å². The molecule has 0 bridgehead atoms. The summed E-state index contributed by atoms with van der Waals surface area (Å²) >= 11 is 0. The Kier molecular flexibility index (Phi) is 3.83. The summed E-state index contributed by atoms with van der Waals surface area (Å²) in [6, 6.07) is 2.62. The van der Waals surface area contributed by atoms with E-state index in [1.807, 2.05) is 0 Å². The van der Waals surface area contributed by atoms with Gasteiger partial charge in [0.25, 0.3) is 5.91 Å². The highest BCUT2D eigenvalue weighted by atomic mass is 32.2. The standard InChI is InChI=1S/C11H13FN2O2S/c12-10-7-8(1-4-13-10)11(15)14-9-2-5-17(16)6-3-9/h1,4,7,9H,2-3,5-6H2,(H,14,15). The third-order valence-electron chi connectivity index (χ3n) is 2.71. The number of aromatic nitrogens is 1. The molecule has 0 aromatic carbocycles. The lowest BCUT2D eigenvalue weighted by Gasteiger charge is -2.22. The highest BCUT2D eigenvalue weighted by Gasteiger charge is 2.20. The molecule has 0 aliphatic carbocycles. The van der Waals surface area contributed by atoms with E-state index in [-0.39, 0.29) is 17.5 Å². The van der Waals surface area contributed by atoms with Gasteiger partial charge in [-0.3, -0.25) is 9.00 Å². The van der Waals surface area contributed by atoms with Gasteiger partial charge < -0.3 is 5.32 Å². The third kappa shape index (κ3) is 3.33. The molecule has 92 valence electrons. The first-order chi connectivity index (χ1) is 8.15. The molecule has 0 spiro atoms. The van der Waals surface area contributed by atoms with Gasteiger partial charge in [-0.2, -0.15) is 4.39 Å². The number of rotatable bonds is 2. The van der Waals surface area contributed by atoms with E-state index >= 15 is 0 Å². The minimum atomic E-state index is -0.745. The molecule has 2 heterocycles. The Morgan fingerprint density at radius 1 is 1.47 bits per heavy atom. The summed E-state index contributed by atoms with van der Waals surface area (Å²) in [5, 5.41) is 2.82. The zero-order valence-corrected chi connectivity index (χ0v) is 10.0. The fraction of sp³-hybridized carbons (Fsp3) is 0.455. The number of carbonyl (C=O) groups is 1. The number of pyridine rings is 1. The number of amides is 1. The van der Waals surface area contributed by atoms with Crippen molar-refractivity contribution in [3.8, 4) is 0 Å². The molecule has 1 fully saturated rings. The molecule has 1 saturated heterocycles. The summed E-state index contributed by atoms with van der Waals surface area (Å²) < 4.78 is 24.0. The third-order valence-corrected chi connectivity index (χ3v) is 4.09. The van der Waals surface area contributed by atoms with Crippen LogP contribution in [0.5, 0.6) is 0 Å². The number of hydrogen-bond acceptors (Lipinski definition) is 3. The van der Waals surface area contributed by atoms with Crippen molar-refractivity contribution in [2.24, 2.45) is 0 Å². The van der Waals surface area contributed by atoms with E-state index in [0.29, 0.717) is 24.3 Å². The molecule has 6 heteroatoms. The molecular weight excluding hydrogens is 243 g/mol. The van der Waals surface area contributed by atoms with Crippen LogP contribution in [-0.2, 0) is 10.8 Å². The lowest BCUT2D eigenvalue weighted by atomic mass is 10.1. The van der Waals surface area contributed by atoms with E-state index in [1.165, 1.54) is 12.3 Å². The summed E-state index contributed by atoms with van der Waals surface area (Å²) in [6.07, 6.45) is 2.69. The number of hydrogen-bond donors (Lipinski definition) is 1. The summed E-state index contributed by atoms with van der Waals surface area (Å²) in [6.45, 7) is 0. The topological polar surface area (TPSA) is 59.1 Å². The second-order valence-electron chi connectivity index (χ2n) is 3.96. The largest absolute Gasteiger partial charge is 0.349 e. The van der Waals surface area contributed by atoms with Crippen molar-refractivity contribution < 1.29 is 13.4 Å². The van der Waals surface area contributed by atoms with E-state index < -0.39 is 16.7 Å². The van der Waals surface area contributed by atoms with Crippen LogP contribution in [0.25, 0.3) is 0 Å². The molecule has 0 atom stereocenters. The van der Waals surface area contributed by atoms with Crippen LogP contribution in [0.4, 0.5) is 4.39 Å². The first-order valence-electron chi connectivity index (χ1n) is 5.42. The minimum absolute atomic E-state index is 0.0384. The van der Waals surface area contributed by atoms with Crippen LogP contribution in [0.2, 0.25) is 0 Å². The van der Waals surface area contributed by atoms with Crippen LogP contribution in [0, 0.1) is 5.95 Å². The highest BCUT2D eigenvalue weighted by molar-refractivity contribution is 7.85. The first-order valence-corrected chi connectivity index (χ1v) is 6.91. The summed E-state index contributed by atoms with van der Waals surface area (Å²) in [5.74, 6) is 0.275. The Balaban J connectivity index is 1.95. The Morgan fingerprint density at radius 3 is 2.82 bits per heavy atom. The quantitative estimate of drug-likeness (QED) is 0.798. The van der Waals surface area contributed by atoms with E-state index in [1.54, 1.807) is 0 Å². The molecule has 1 aromatic heterocycles. The van der Waals surface area contributed by atoms with Crippen molar-refractivity contribution in [1.82, 2.24) is 10.3 Å². The Labute approximate surface area is 101 Å². The minimum Gasteiger partial charge on any atom is -0.349 e. The van der Waals surface area contributed by atoms with Gasteiger partial charge in [-0.15, -0.1) is 0 Å². The van der Waals surface area contributed by atoms with Crippen LogP contribution in [0.1, 0.15) is 23.2 Å². The zero-order chi connectivity index (χ0) is 12.3. The second kappa shape index (κ2) is 5.35. The molecule has 0 radical (unpaired) electrons. The predicted molar refractivity (Wildman–Crippen MR) is 62.6 cm³/mol. The lowest BCUT2D eigenvalue weighted by molar-refractivity contribution is 0.0934. The van der Waals surface area contributed by atoms with E-state index in [4.69, 9.17) is 0 Å². The molecular formula is C11H13FN2O2S. The molecule has 2 rings (SSSR count). The highest BCUT2D eigenvalue weighted by Crippen LogP contribution is 2.10. The number of nitrogens with one attached hydrogen (secondary N) is 1. The maximum absolute atomic E-state index is 12.8. The molecule has 1 N–H and O–H groups in total. The maximum atomic E-state index is 12.8. The van der Waals surface area contributed by atoms with Crippen molar-refractivity contribution >= 4 is 16.7 Å². The Bertz CT molecular complexity index is 443. The normalized spacial score (nSPS) is 24.3. The van der Waals surface area contributed by atoms with Crippen LogP contribution < -0.4 is 5.32 Å². The zero-order valence-electron chi connectivity index (χ0n) is 9.19. The molecule has 1 aliphatic heterocycles. The maximum Gasteiger partial charge on any atom is 0.251 e. The van der Waals surface area contributed by atoms with Gasteiger partial charge in [-0.05, 0) is 18.9 Å². The second-order valence-corrected chi connectivity index (χ2v) is 5.66. The van der Waals surface area contributed by atoms with Crippen LogP contribution in [-0.4, -0.2) is 32.6 Å². The van der Waals surface area contributed by atoms with Crippen molar-refractivity contribution in [3.63, 3.8) is 0 Å². The van der Waals surface area contributed by atoms with Gasteiger partial charge in [0.1, 0.15) is 0 Å². The van der Waals surface area contributed by atoms with E-state index in [9.17, 15) is 13.4 Å². The van der Waals surface area contributed by atoms with Gasteiger partial charge in [-0.1, -0.05) is 0 Å². The molecule has 1 aliphatic rings. The van der Waals surface area contributed by atoms with Crippen LogP contribution in [0.3, 0.4) is 0 Å². The predicted octanol–water partition coefficient (Wildman–Crippen LogP) is 0.862. The van der Waals surface area contributed by atoms with Crippen LogP contribution >= 0.6 is 0 Å². The Hall–Kier alpha value is -1.30. The van der Waals surface area contributed by atoms with E-state index in [2.05, 4.69) is 10.3 Å². The van der Waals surface area contributed by atoms with Gasteiger partial charge in [0.2, 0.25) is 5.95 Å². The molecule has 4 nitrogen and oxygen atoms in total. The van der Waals surface area contributed by atoms with Gasteiger partial charge in [0, 0.05) is 46.2 Å². The number of halogens is 1. The van der Waals surface area contributed by atoms with Crippen molar-refractivity contribution in [3.05, 3.63) is 29.8 Å². The fourth-order valence-corrected chi connectivity index (χ4v) is 3.05. The smallest absolute Gasteiger partial charge is 0.251 e. The van der Waals surface area contributed by atoms with Gasteiger partial charge in [-0.25, -0.2) is 4.98 Å². The number of nitrogens with zero attached hydrogens (tertiary/aromatic N) is 1. The number of carbonyl (C=O) groups excluding carboxylic acids is 1. The van der Waals surface area contributed by atoms with Gasteiger partial charge in [0.05, 0.1) is 0 Å². The molecule has 1 aromatic rings. The molecule has 1 amide bonds. The lowest BCUT2D eigenvalue weighted by Crippen LogP contribution is -2.39. The van der Waals surface area contributed by atoms with Gasteiger partial charge in [0.15, 0.2) is 0 Å². The molecule has 0 unspecified atom stereocenters. The first kappa shape index (κ1) is 12.2. The average molecular weight is 256 g/mol. The van der Waals surface area contributed by atoms with Gasteiger partial charge >= 0.3 is 0 Å². The van der Waals surface area contributed by atoms with Crippen LogP contribution in [0.15, 0.2) is 18.3 Å². The summed E-state index contributed by atoms with van der Waals surface area (Å²) in [5.41, 5.74) is 0.268. The monoisotopic (exact) mass is 256 g/mol. The molecule has 0 saturated carbocycles. The average Bonchev–Trinajstić information content (AvgIpc) is 2.32.